The Morgan fingerprint density at radius 3 is 2.64 bits per heavy atom. The Morgan fingerprint density at radius 1 is 1.06 bits per heavy atom. The molecule has 1 saturated carbocycles. The van der Waals surface area contributed by atoms with Gasteiger partial charge in [0.2, 0.25) is 5.95 Å². The second-order valence-corrected chi connectivity index (χ2v) is 9.19. The zero-order valence-electron chi connectivity index (χ0n) is 18.7. The lowest BCUT2D eigenvalue weighted by Crippen LogP contribution is -2.52. The molecule has 1 aliphatic carbocycles. The molecule has 3 aromatic heterocycles. The summed E-state index contributed by atoms with van der Waals surface area (Å²) >= 11 is 0. The van der Waals surface area contributed by atoms with E-state index in [1.165, 1.54) is 6.42 Å². The maximum Gasteiger partial charge on any atom is 0.227 e. The Bertz CT molecular complexity index is 1250. The van der Waals surface area contributed by atoms with Crippen LogP contribution in [0.15, 0.2) is 48.9 Å². The van der Waals surface area contributed by atoms with Crippen LogP contribution in [0, 0.1) is 11.8 Å². The molecule has 170 valence electrons. The Hall–Kier alpha value is -3.46. The highest BCUT2D eigenvalue weighted by molar-refractivity contribution is 5.85. The third-order valence-electron chi connectivity index (χ3n) is 6.97. The summed E-state index contributed by atoms with van der Waals surface area (Å²) in [7, 11) is 1.98. The van der Waals surface area contributed by atoms with Crippen molar-refractivity contribution in [2.24, 2.45) is 18.9 Å². The molecule has 1 aliphatic heterocycles. The molecule has 1 aromatic carbocycles. The molecular weight excluding hydrogens is 416 g/mol. The fraction of sp³-hybridized carbons (Fsp3) is 0.417. The van der Waals surface area contributed by atoms with Gasteiger partial charge in [0.05, 0.1) is 30.4 Å². The number of aliphatic hydroxyl groups excluding tert-OH is 1. The molecule has 2 unspecified atom stereocenters. The van der Waals surface area contributed by atoms with Crippen LogP contribution in [0.5, 0.6) is 0 Å². The van der Waals surface area contributed by atoms with E-state index in [1.807, 2.05) is 58.9 Å². The summed E-state index contributed by atoms with van der Waals surface area (Å²) in [4.78, 5) is 16.4. The average molecular weight is 445 g/mol. The number of aromatic nitrogens is 6. The Kier molecular flexibility index (Phi) is 4.98. The summed E-state index contributed by atoms with van der Waals surface area (Å²) in [6.07, 6.45) is 6.89. The van der Waals surface area contributed by atoms with Crippen molar-refractivity contribution in [1.82, 2.24) is 29.3 Å². The van der Waals surface area contributed by atoms with Crippen molar-refractivity contribution >= 4 is 22.9 Å². The molecule has 1 saturated heterocycles. The number of hydrogen-bond acceptors (Lipinski definition) is 7. The number of piperidine rings is 1. The minimum atomic E-state index is -0.198. The Labute approximate surface area is 192 Å². The number of hydrogen-bond donors (Lipinski definition) is 2. The topological polar surface area (TPSA) is 96.9 Å². The Morgan fingerprint density at radius 2 is 1.85 bits per heavy atom. The molecule has 33 heavy (non-hydrogen) atoms. The normalized spacial score (nSPS) is 22.6. The van der Waals surface area contributed by atoms with E-state index in [-0.39, 0.29) is 6.10 Å². The SMILES string of the molecule is Cn1cnc2nc(NCc3ccn(-c4ccccc4)n3)nc(N3CC4CCCC(C3)C4O)c21. The zero-order valence-corrected chi connectivity index (χ0v) is 18.7. The predicted octanol–water partition coefficient (Wildman–Crippen LogP) is 2.76. The first-order valence-electron chi connectivity index (χ1n) is 11.6. The lowest BCUT2D eigenvalue weighted by atomic mass is 9.75. The number of benzene rings is 1. The van der Waals surface area contributed by atoms with Gasteiger partial charge in [0.1, 0.15) is 5.52 Å². The van der Waals surface area contributed by atoms with E-state index in [4.69, 9.17) is 4.98 Å². The molecule has 0 radical (unpaired) electrons. The molecular formula is C24H28N8O. The van der Waals surface area contributed by atoms with Crippen molar-refractivity contribution in [3.63, 3.8) is 0 Å². The van der Waals surface area contributed by atoms with Crippen LogP contribution in [0.25, 0.3) is 16.9 Å². The lowest BCUT2D eigenvalue weighted by Gasteiger charge is -2.45. The van der Waals surface area contributed by atoms with Crippen LogP contribution in [0.4, 0.5) is 11.8 Å². The molecule has 4 heterocycles. The van der Waals surface area contributed by atoms with Gasteiger partial charge in [-0.05, 0) is 31.0 Å². The third kappa shape index (κ3) is 3.72. The van der Waals surface area contributed by atoms with Gasteiger partial charge in [-0.25, -0.2) is 9.67 Å². The van der Waals surface area contributed by atoms with E-state index in [9.17, 15) is 5.11 Å². The zero-order chi connectivity index (χ0) is 22.4. The highest BCUT2D eigenvalue weighted by atomic mass is 16.3. The van der Waals surface area contributed by atoms with Gasteiger partial charge in [-0.3, -0.25) is 0 Å². The van der Waals surface area contributed by atoms with E-state index in [2.05, 4.69) is 25.3 Å². The van der Waals surface area contributed by atoms with Crippen molar-refractivity contribution < 1.29 is 5.11 Å². The fourth-order valence-corrected chi connectivity index (χ4v) is 5.27. The summed E-state index contributed by atoms with van der Waals surface area (Å²) in [5.74, 6) is 2.03. The van der Waals surface area contributed by atoms with E-state index in [0.717, 1.165) is 48.6 Å². The number of imidazole rings is 1. The van der Waals surface area contributed by atoms with Gasteiger partial charge in [-0.2, -0.15) is 15.1 Å². The monoisotopic (exact) mass is 444 g/mol. The molecule has 0 spiro atoms. The van der Waals surface area contributed by atoms with Crippen LogP contribution >= 0.6 is 0 Å². The first-order valence-corrected chi connectivity index (χ1v) is 11.6. The van der Waals surface area contributed by atoms with Gasteiger partial charge in [0.25, 0.3) is 0 Å². The number of aryl methyl sites for hydroxylation is 1. The summed E-state index contributed by atoms with van der Waals surface area (Å²) in [6, 6.07) is 12.0. The molecule has 6 rings (SSSR count). The van der Waals surface area contributed by atoms with Crippen molar-refractivity contribution in [3.8, 4) is 5.69 Å². The van der Waals surface area contributed by atoms with Crippen molar-refractivity contribution in [2.75, 3.05) is 23.3 Å². The molecule has 2 atom stereocenters. The van der Waals surface area contributed by atoms with Gasteiger partial charge in [-0.1, -0.05) is 24.6 Å². The van der Waals surface area contributed by atoms with E-state index < -0.39 is 0 Å². The maximum absolute atomic E-state index is 10.6. The quantitative estimate of drug-likeness (QED) is 0.489. The standard InChI is InChI=1S/C24H28N8O/c1-30-15-26-22-20(30)23(31-13-16-6-5-7-17(14-31)21(16)33)28-24(27-22)25-12-18-10-11-32(29-18)19-8-3-2-4-9-19/h2-4,8-11,15-17,21,33H,5-7,12-14H2,1H3,(H,25,27,28). The van der Waals surface area contributed by atoms with Gasteiger partial charge in [-0.15, -0.1) is 0 Å². The highest BCUT2D eigenvalue weighted by Crippen LogP contribution is 2.38. The number of nitrogens with zero attached hydrogens (tertiary/aromatic N) is 7. The summed E-state index contributed by atoms with van der Waals surface area (Å²) in [5, 5.41) is 18.6. The number of rotatable bonds is 5. The molecule has 2 fully saturated rings. The minimum absolute atomic E-state index is 0.198. The third-order valence-corrected chi connectivity index (χ3v) is 6.97. The van der Waals surface area contributed by atoms with Crippen LogP contribution in [0.3, 0.4) is 0 Å². The van der Waals surface area contributed by atoms with Crippen LogP contribution in [-0.4, -0.2) is 53.6 Å². The summed E-state index contributed by atoms with van der Waals surface area (Å²) in [5.41, 5.74) is 3.54. The van der Waals surface area contributed by atoms with Crippen molar-refractivity contribution in [1.29, 1.82) is 0 Å². The molecule has 4 aromatic rings. The van der Waals surface area contributed by atoms with Gasteiger partial charge in [0, 0.05) is 38.2 Å². The van der Waals surface area contributed by atoms with Gasteiger partial charge < -0.3 is 19.9 Å². The summed E-state index contributed by atoms with van der Waals surface area (Å²) in [6.45, 7) is 2.15. The van der Waals surface area contributed by atoms with E-state index >= 15 is 0 Å². The van der Waals surface area contributed by atoms with Gasteiger partial charge >= 0.3 is 0 Å². The van der Waals surface area contributed by atoms with Crippen molar-refractivity contribution in [2.45, 2.75) is 31.9 Å². The van der Waals surface area contributed by atoms with Crippen molar-refractivity contribution in [3.05, 3.63) is 54.6 Å². The predicted molar refractivity (Wildman–Crippen MR) is 126 cm³/mol. The first-order chi connectivity index (χ1) is 16.2. The lowest BCUT2D eigenvalue weighted by molar-refractivity contribution is 0.00586. The molecule has 2 bridgehead atoms. The second-order valence-electron chi connectivity index (χ2n) is 9.19. The smallest absolute Gasteiger partial charge is 0.227 e. The maximum atomic E-state index is 10.6. The molecule has 2 N–H and O–H groups in total. The summed E-state index contributed by atoms with van der Waals surface area (Å²) < 4.78 is 3.85. The van der Waals surface area contributed by atoms with Gasteiger partial charge in [0.15, 0.2) is 11.5 Å². The largest absolute Gasteiger partial charge is 0.392 e. The van der Waals surface area contributed by atoms with E-state index in [0.29, 0.717) is 30.0 Å². The molecule has 0 amide bonds. The number of anilines is 2. The molecule has 2 aliphatic rings. The first kappa shape index (κ1) is 20.2. The van der Waals surface area contributed by atoms with E-state index in [1.54, 1.807) is 6.33 Å². The number of para-hydroxylation sites is 1. The average Bonchev–Trinajstić information content (AvgIpc) is 3.45. The van der Waals surface area contributed by atoms with Crippen LogP contribution in [0.1, 0.15) is 25.0 Å². The molecule has 9 nitrogen and oxygen atoms in total. The van der Waals surface area contributed by atoms with Crippen LogP contribution in [0.2, 0.25) is 0 Å². The fourth-order valence-electron chi connectivity index (χ4n) is 5.27. The number of fused-ring (bicyclic) bond motifs is 3. The molecule has 9 heteroatoms. The number of nitrogens with one attached hydrogen (secondary N) is 1. The Balaban J connectivity index is 1.26. The number of aliphatic hydroxyl groups is 1. The second kappa shape index (κ2) is 8.15. The van der Waals surface area contributed by atoms with Crippen LogP contribution in [-0.2, 0) is 13.6 Å². The van der Waals surface area contributed by atoms with Crippen LogP contribution < -0.4 is 10.2 Å². The minimum Gasteiger partial charge on any atom is -0.392 e. The highest BCUT2D eigenvalue weighted by Gasteiger charge is 2.39.